The minimum absolute atomic E-state index is 0.0298. The van der Waals surface area contributed by atoms with E-state index in [9.17, 15) is 32.3 Å². The number of carbonyl (C=O) groups is 1. The lowest BCUT2D eigenvalue weighted by atomic mass is 10.1. The predicted octanol–water partition coefficient (Wildman–Crippen LogP) is 3.80. The van der Waals surface area contributed by atoms with Gasteiger partial charge in [-0.05, 0) is 42.3 Å². The Kier molecular flexibility index (Phi) is 6.97. The number of aromatic nitrogens is 2. The minimum atomic E-state index is -4.53. The molecule has 0 spiro atoms. The van der Waals surface area contributed by atoms with Gasteiger partial charge in [-0.1, -0.05) is 32.0 Å². The maximum absolute atomic E-state index is 13.8. The van der Waals surface area contributed by atoms with E-state index in [0.717, 1.165) is 47.1 Å². The number of carbonyl (C=O) groups excluding carboxylic acids is 1. The minimum Gasteiger partial charge on any atom is -0.391 e. The second-order valence-corrected chi connectivity index (χ2v) is 7.74. The van der Waals surface area contributed by atoms with Crippen molar-refractivity contribution in [3.05, 3.63) is 81.9 Å². The zero-order valence-electron chi connectivity index (χ0n) is 17.7. The molecule has 33 heavy (non-hydrogen) atoms. The fraction of sp³-hybridized carbons (Fsp3) is 0.261. The summed E-state index contributed by atoms with van der Waals surface area (Å²) in [6.45, 7) is 3.39. The Morgan fingerprint density at radius 1 is 1.12 bits per heavy atom. The first-order chi connectivity index (χ1) is 15.5. The molecule has 1 amide bonds. The fourth-order valence-electron chi connectivity index (χ4n) is 2.94. The molecule has 6 nitrogen and oxygen atoms in total. The van der Waals surface area contributed by atoms with E-state index >= 15 is 0 Å². The van der Waals surface area contributed by atoms with Gasteiger partial charge in [0.1, 0.15) is 11.4 Å². The number of hydrogen-bond acceptors (Lipinski definition) is 4. The molecule has 0 aliphatic heterocycles. The third-order valence-electron chi connectivity index (χ3n) is 4.96. The summed E-state index contributed by atoms with van der Waals surface area (Å²) in [4.78, 5) is 25.7. The summed E-state index contributed by atoms with van der Waals surface area (Å²) < 4.78 is 53.3. The number of aliphatic hydroxyl groups excluding tert-OH is 1. The highest BCUT2D eigenvalue weighted by Crippen LogP contribution is 2.30. The monoisotopic (exact) mass is 463 g/mol. The SMILES string of the molecule is CC(C)[C@@H](O)CNC(=O)c1cc(-c2ccc(C(F)(F)F)cc2)nn(-c2cccc(F)c2)c1=O. The number of nitrogens with zero attached hydrogens (tertiary/aromatic N) is 2. The van der Waals surface area contributed by atoms with E-state index in [0.29, 0.717) is 0 Å². The highest BCUT2D eigenvalue weighted by Gasteiger charge is 2.30. The zero-order valence-corrected chi connectivity index (χ0v) is 17.7. The lowest BCUT2D eigenvalue weighted by Gasteiger charge is -2.16. The van der Waals surface area contributed by atoms with Gasteiger partial charge in [0, 0.05) is 12.1 Å². The van der Waals surface area contributed by atoms with Crippen LogP contribution in [-0.4, -0.2) is 33.4 Å². The van der Waals surface area contributed by atoms with Crippen molar-refractivity contribution >= 4 is 5.91 Å². The van der Waals surface area contributed by atoms with Crippen molar-refractivity contribution in [1.82, 2.24) is 15.1 Å². The van der Waals surface area contributed by atoms with Crippen molar-refractivity contribution in [1.29, 1.82) is 0 Å². The Morgan fingerprint density at radius 2 is 1.79 bits per heavy atom. The average molecular weight is 463 g/mol. The first-order valence-corrected chi connectivity index (χ1v) is 10.0. The lowest BCUT2D eigenvalue weighted by molar-refractivity contribution is -0.137. The number of amides is 1. The van der Waals surface area contributed by atoms with Gasteiger partial charge in [-0.15, -0.1) is 0 Å². The summed E-state index contributed by atoms with van der Waals surface area (Å²) in [6.07, 6.45) is -5.38. The molecule has 2 N–H and O–H groups in total. The molecule has 0 saturated carbocycles. The molecule has 1 heterocycles. The summed E-state index contributed by atoms with van der Waals surface area (Å²) in [5.41, 5.74) is -1.81. The van der Waals surface area contributed by atoms with E-state index in [2.05, 4.69) is 10.4 Å². The van der Waals surface area contributed by atoms with Crippen LogP contribution in [0.15, 0.2) is 59.4 Å². The van der Waals surface area contributed by atoms with E-state index in [-0.39, 0.29) is 35.0 Å². The number of rotatable bonds is 6. The maximum Gasteiger partial charge on any atom is 0.416 e. The number of alkyl halides is 3. The highest BCUT2D eigenvalue weighted by atomic mass is 19.4. The number of aliphatic hydroxyl groups is 1. The molecule has 0 aliphatic rings. The molecule has 1 aromatic heterocycles. The molecule has 0 bridgehead atoms. The summed E-state index contributed by atoms with van der Waals surface area (Å²) in [6, 6.07) is 10.1. The number of halogens is 4. The molecule has 2 aromatic carbocycles. The van der Waals surface area contributed by atoms with Gasteiger partial charge in [-0.25, -0.2) is 4.39 Å². The molecule has 0 radical (unpaired) electrons. The van der Waals surface area contributed by atoms with Gasteiger partial charge in [0.25, 0.3) is 11.5 Å². The first kappa shape index (κ1) is 24.1. The van der Waals surface area contributed by atoms with Crippen molar-refractivity contribution in [3.63, 3.8) is 0 Å². The molecule has 174 valence electrons. The summed E-state index contributed by atoms with van der Waals surface area (Å²) >= 11 is 0. The molecule has 0 unspecified atom stereocenters. The van der Waals surface area contributed by atoms with E-state index in [1.807, 2.05) is 0 Å². The first-order valence-electron chi connectivity index (χ1n) is 10.0. The van der Waals surface area contributed by atoms with Crippen LogP contribution < -0.4 is 10.9 Å². The fourth-order valence-corrected chi connectivity index (χ4v) is 2.94. The number of nitrogens with one attached hydrogen (secondary N) is 1. The van der Waals surface area contributed by atoms with Gasteiger partial charge in [0.05, 0.1) is 23.0 Å². The van der Waals surface area contributed by atoms with Crippen LogP contribution in [0.5, 0.6) is 0 Å². The molecule has 1 atom stereocenters. The molecule has 3 aromatic rings. The Balaban J connectivity index is 2.10. The summed E-state index contributed by atoms with van der Waals surface area (Å²) in [7, 11) is 0. The van der Waals surface area contributed by atoms with E-state index in [4.69, 9.17) is 0 Å². The van der Waals surface area contributed by atoms with Crippen LogP contribution in [0.4, 0.5) is 17.6 Å². The quantitative estimate of drug-likeness (QED) is 0.545. The van der Waals surface area contributed by atoms with Gasteiger partial charge in [0.2, 0.25) is 0 Å². The molecular weight excluding hydrogens is 442 g/mol. The molecule has 0 aliphatic carbocycles. The molecular formula is C23H21F4N3O3. The van der Waals surface area contributed by atoms with Crippen molar-refractivity contribution in [2.45, 2.75) is 26.1 Å². The average Bonchev–Trinajstić information content (AvgIpc) is 2.76. The van der Waals surface area contributed by atoms with E-state index in [1.54, 1.807) is 13.8 Å². The van der Waals surface area contributed by atoms with Crippen LogP contribution in [0.3, 0.4) is 0 Å². The highest BCUT2D eigenvalue weighted by molar-refractivity contribution is 5.94. The Bertz CT molecular complexity index is 1200. The molecule has 0 fully saturated rings. The third kappa shape index (κ3) is 5.64. The van der Waals surface area contributed by atoms with E-state index < -0.39 is 35.1 Å². The largest absolute Gasteiger partial charge is 0.416 e. The molecule has 3 rings (SSSR count). The standard InChI is InChI=1S/C23H21F4N3O3/c1-13(2)20(31)12-28-21(32)18-11-19(14-6-8-15(9-7-14)23(25,26)27)29-30(22(18)33)17-5-3-4-16(24)10-17/h3-11,13,20,31H,12H2,1-2H3,(H,28,32)/t20-/m0/s1. The van der Waals surface area contributed by atoms with Gasteiger partial charge in [0.15, 0.2) is 0 Å². The smallest absolute Gasteiger partial charge is 0.391 e. The van der Waals surface area contributed by atoms with Crippen LogP contribution in [0.1, 0.15) is 29.8 Å². The van der Waals surface area contributed by atoms with Crippen LogP contribution >= 0.6 is 0 Å². The number of hydrogen-bond donors (Lipinski definition) is 2. The zero-order chi connectivity index (χ0) is 24.3. The van der Waals surface area contributed by atoms with Gasteiger partial charge in [-0.3, -0.25) is 9.59 Å². The molecule has 0 saturated heterocycles. The Labute approximate surface area is 186 Å². The van der Waals surface area contributed by atoms with Crippen LogP contribution in [0.2, 0.25) is 0 Å². The van der Waals surface area contributed by atoms with Gasteiger partial charge < -0.3 is 10.4 Å². The van der Waals surface area contributed by atoms with Crippen LogP contribution in [-0.2, 0) is 6.18 Å². The summed E-state index contributed by atoms with van der Waals surface area (Å²) in [5, 5.41) is 16.5. The van der Waals surface area contributed by atoms with Gasteiger partial charge >= 0.3 is 6.18 Å². The Morgan fingerprint density at radius 3 is 2.36 bits per heavy atom. The van der Waals surface area contributed by atoms with Crippen LogP contribution in [0, 0.1) is 11.7 Å². The normalized spacial score (nSPS) is 12.6. The number of benzene rings is 2. The van der Waals surface area contributed by atoms with Crippen molar-refractivity contribution in [3.8, 4) is 16.9 Å². The third-order valence-corrected chi connectivity index (χ3v) is 4.96. The predicted molar refractivity (Wildman–Crippen MR) is 113 cm³/mol. The Hall–Kier alpha value is -3.53. The second-order valence-electron chi connectivity index (χ2n) is 7.74. The lowest BCUT2D eigenvalue weighted by Crippen LogP contribution is -2.38. The molecule has 10 heteroatoms. The topological polar surface area (TPSA) is 84.2 Å². The van der Waals surface area contributed by atoms with Gasteiger partial charge in [-0.2, -0.15) is 23.0 Å². The van der Waals surface area contributed by atoms with Crippen molar-refractivity contribution in [2.24, 2.45) is 5.92 Å². The van der Waals surface area contributed by atoms with Crippen molar-refractivity contribution in [2.75, 3.05) is 6.54 Å². The van der Waals surface area contributed by atoms with Crippen LogP contribution in [0.25, 0.3) is 16.9 Å². The van der Waals surface area contributed by atoms with E-state index in [1.165, 1.54) is 12.1 Å². The second kappa shape index (κ2) is 9.53. The maximum atomic E-state index is 13.8. The summed E-state index contributed by atoms with van der Waals surface area (Å²) in [5.74, 6) is -1.60. The van der Waals surface area contributed by atoms with Crippen molar-refractivity contribution < 1.29 is 27.5 Å².